The van der Waals surface area contributed by atoms with Crippen LogP contribution in [0.15, 0.2) is 30.3 Å². The predicted molar refractivity (Wildman–Crippen MR) is 69.8 cm³/mol. The van der Waals surface area contributed by atoms with E-state index < -0.39 is 12.1 Å². The van der Waals surface area contributed by atoms with Crippen LogP contribution in [0.5, 0.6) is 0 Å². The zero-order valence-electron chi connectivity index (χ0n) is 10.6. The minimum atomic E-state index is -0.653. The second-order valence-corrected chi connectivity index (χ2v) is 4.14. The van der Waals surface area contributed by atoms with Gasteiger partial charge in [-0.05, 0) is 18.9 Å². The Kier molecular flexibility index (Phi) is 5.32. The largest absolute Gasteiger partial charge is 0.357 e. The smallest absolute Gasteiger partial charge is 0.242 e. The summed E-state index contributed by atoms with van der Waals surface area (Å²) in [7, 11) is 1.52. The maximum absolute atomic E-state index is 11.8. The zero-order chi connectivity index (χ0) is 13.5. The summed E-state index contributed by atoms with van der Waals surface area (Å²) >= 11 is 0. The van der Waals surface area contributed by atoms with Crippen molar-refractivity contribution < 1.29 is 9.59 Å². The number of nitrogens with one attached hydrogen (secondary N) is 2. The number of carbonyl (C=O) groups excluding carboxylic acids is 2. The van der Waals surface area contributed by atoms with E-state index in [9.17, 15) is 9.59 Å². The minimum absolute atomic E-state index is 0.240. The molecule has 1 aromatic rings. The number of amides is 2. The number of rotatable bonds is 5. The molecule has 0 aliphatic carbocycles. The summed E-state index contributed by atoms with van der Waals surface area (Å²) in [6.45, 7) is 1.62. The number of likely N-dealkylation sites (N-methyl/N-ethyl adjacent to an activating group) is 1. The van der Waals surface area contributed by atoms with E-state index in [4.69, 9.17) is 5.73 Å². The minimum Gasteiger partial charge on any atom is -0.357 e. The molecular weight excluding hydrogens is 230 g/mol. The molecule has 2 amide bonds. The van der Waals surface area contributed by atoms with Crippen LogP contribution >= 0.6 is 0 Å². The molecule has 2 atom stereocenters. The fraction of sp³-hybridized carbons (Fsp3) is 0.385. The van der Waals surface area contributed by atoms with Gasteiger partial charge in [-0.1, -0.05) is 30.3 Å². The van der Waals surface area contributed by atoms with E-state index in [0.717, 1.165) is 5.56 Å². The summed E-state index contributed by atoms with van der Waals surface area (Å²) < 4.78 is 0. The van der Waals surface area contributed by atoms with Gasteiger partial charge in [0.15, 0.2) is 0 Å². The fourth-order valence-corrected chi connectivity index (χ4v) is 1.56. The van der Waals surface area contributed by atoms with Gasteiger partial charge in [-0.15, -0.1) is 0 Å². The zero-order valence-corrected chi connectivity index (χ0v) is 10.6. The Morgan fingerprint density at radius 2 is 1.83 bits per heavy atom. The first-order valence-corrected chi connectivity index (χ1v) is 5.86. The van der Waals surface area contributed by atoms with E-state index >= 15 is 0 Å². The molecule has 98 valence electrons. The van der Waals surface area contributed by atoms with E-state index in [2.05, 4.69) is 10.6 Å². The Morgan fingerprint density at radius 3 is 2.39 bits per heavy atom. The van der Waals surface area contributed by atoms with Crippen LogP contribution in [0.3, 0.4) is 0 Å². The molecule has 0 radical (unpaired) electrons. The summed E-state index contributed by atoms with van der Waals surface area (Å²) in [4.78, 5) is 23.0. The van der Waals surface area contributed by atoms with Crippen LogP contribution in [0.1, 0.15) is 12.5 Å². The molecule has 0 fully saturated rings. The molecule has 0 aliphatic rings. The summed E-state index contributed by atoms with van der Waals surface area (Å²) in [5.74, 6) is -0.565. The second kappa shape index (κ2) is 6.76. The normalized spacial score (nSPS) is 13.5. The Hall–Kier alpha value is -1.88. The molecule has 0 aliphatic heterocycles. The molecule has 1 rings (SSSR count). The lowest BCUT2D eigenvalue weighted by Gasteiger charge is -2.16. The summed E-state index contributed by atoms with van der Waals surface area (Å²) in [5.41, 5.74) is 6.79. The van der Waals surface area contributed by atoms with E-state index in [1.807, 2.05) is 30.3 Å². The molecule has 1 unspecified atom stereocenters. The maximum atomic E-state index is 11.8. The average molecular weight is 249 g/mol. The number of carbonyl (C=O) groups is 2. The third-order valence-corrected chi connectivity index (χ3v) is 2.63. The van der Waals surface area contributed by atoms with Gasteiger partial charge in [0.25, 0.3) is 0 Å². The van der Waals surface area contributed by atoms with Gasteiger partial charge in [0, 0.05) is 7.05 Å². The first-order chi connectivity index (χ1) is 8.54. The molecule has 1 aromatic carbocycles. The standard InChI is InChI=1S/C13H19N3O2/c1-9(12(17)15-2)16-13(18)11(14)8-10-6-4-3-5-7-10/h3-7,9,11H,8,14H2,1-2H3,(H,15,17)(H,16,18)/t9?,11-/m0/s1. The molecule has 0 saturated heterocycles. The topological polar surface area (TPSA) is 84.2 Å². The van der Waals surface area contributed by atoms with E-state index in [1.165, 1.54) is 7.05 Å². The van der Waals surface area contributed by atoms with Crippen LogP contribution in [-0.2, 0) is 16.0 Å². The van der Waals surface area contributed by atoms with E-state index in [-0.39, 0.29) is 11.8 Å². The highest BCUT2D eigenvalue weighted by Crippen LogP contribution is 2.02. The van der Waals surface area contributed by atoms with Crippen LogP contribution in [0.2, 0.25) is 0 Å². The first kappa shape index (κ1) is 14.2. The van der Waals surface area contributed by atoms with Gasteiger partial charge in [0.1, 0.15) is 6.04 Å². The summed E-state index contributed by atoms with van der Waals surface area (Å²) in [5, 5.41) is 5.04. The van der Waals surface area contributed by atoms with E-state index in [1.54, 1.807) is 6.92 Å². The van der Waals surface area contributed by atoms with Crippen LogP contribution in [0.25, 0.3) is 0 Å². The van der Waals surface area contributed by atoms with Crippen LogP contribution in [-0.4, -0.2) is 30.9 Å². The van der Waals surface area contributed by atoms with Gasteiger partial charge in [0.2, 0.25) is 11.8 Å². The molecule has 0 heterocycles. The molecule has 5 heteroatoms. The quantitative estimate of drug-likeness (QED) is 0.676. The van der Waals surface area contributed by atoms with Crippen molar-refractivity contribution >= 4 is 11.8 Å². The highest BCUT2D eigenvalue weighted by atomic mass is 16.2. The van der Waals surface area contributed by atoms with Crippen molar-refractivity contribution in [3.05, 3.63) is 35.9 Å². The van der Waals surface area contributed by atoms with Gasteiger partial charge in [-0.2, -0.15) is 0 Å². The predicted octanol–water partition coefficient (Wildman–Crippen LogP) is -0.193. The Balaban J connectivity index is 2.49. The monoisotopic (exact) mass is 249 g/mol. The number of hydrogen-bond acceptors (Lipinski definition) is 3. The molecular formula is C13H19N3O2. The number of hydrogen-bond donors (Lipinski definition) is 3. The van der Waals surface area contributed by atoms with Crippen molar-refractivity contribution in [2.75, 3.05) is 7.05 Å². The molecule has 0 saturated carbocycles. The van der Waals surface area contributed by atoms with Crippen molar-refractivity contribution in [2.24, 2.45) is 5.73 Å². The van der Waals surface area contributed by atoms with Crippen LogP contribution < -0.4 is 16.4 Å². The van der Waals surface area contributed by atoms with Gasteiger partial charge >= 0.3 is 0 Å². The molecule has 4 N–H and O–H groups in total. The van der Waals surface area contributed by atoms with Crippen molar-refractivity contribution in [1.29, 1.82) is 0 Å². The van der Waals surface area contributed by atoms with Crippen LogP contribution in [0.4, 0.5) is 0 Å². The average Bonchev–Trinajstić information content (AvgIpc) is 2.38. The van der Waals surface area contributed by atoms with Crippen molar-refractivity contribution in [3.63, 3.8) is 0 Å². The van der Waals surface area contributed by atoms with Gasteiger partial charge in [0.05, 0.1) is 6.04 Å². The van der Waals surface area contributed by atoms with Gasteiger partial charge < -0.3 is 16.4 Å². The third kappa shape index (κ3) is 4.18. The molecule has 18 heavy (non-hydrogen) atoms. The molecule has 5 nitrogen and oxygen atoms in total. The SMILES string of the molecule is CNC(=O)C(C)NC(=O)[C@@H](N)Cc1ccccc1. The van der Waals surface area contributed by atoms with Gasteiger partial charge in [-0.3, -0.25) is 9.59 Å². The second-order valence-electron chi connectivity index (χ2n) is 4.14. The van der Waals surface area contributed by atoms with Gasteiger partial charge in [-0.25, -0.2) is 0 Å². The van der Waals surface area contributed by atoms with Crippen molar-refractivity contribution in [2.45, 2.75) is 25.4 Å². The number of nitrogens with two attached hydrogens (primary N) is 1. The molecule has 0 spiro atoms. The maximum Gasteiger partial charge on any atom is 0.242 e. The lowest BCUT2D eigenvalue weighted by Crippen LogP contribution is -2.50. The highest BCUT2D eigenvalue weighted by molar-refractivity contribution is 5.89. The highest BCUT2D eigenvalue weighted by Gasteiger charge is 2.19. The number of benzene rings is 1. The Morgan fingerprint density at radius 1 is 1.22 bits per heavy atom. The van der Waals surface area contributed by atoms with Crippen molar-refractivity contribution in [3.8, 4) is 0 Å². The van der Waals surface area contributed by atoms with E-state index in [0.29, 0.717) is 6.42 Å². The lowest BCUT2D eigenvalue weighted by molar-refractivity contribution is -0.128. The summed E-state index contributed by atoms with van der Waals surface area (Å²) in [6.07, 6.45) is 0.452. The van der Waals surface area contributed by atoms with Crippen molar-refractivity contribution in [1.82, 2.24) is 10.6 Å². The Labute approximate surface area is 107 Å². The third-order valence-electron chi connectivity index (χ3n) is 2.63. The fourth-order valence-electron chi connectivity index (χ4n) is 1.56. The summed E-state index contributed by atoms with van der Waals surface area (Å²) in [6, 6.07) is 8.29. The Bertz CT molecular complexity index is 406. The first-order valence-electron chi connectivity index (χ1n) is 5.86. The van der Waals surface area contributed by atoms with Crippen LogP contribution in [0, 0.1) is 0 Å². The molecule has 0 bridgehead atoms. The lowest BCUT2D eigenvalue weighted by atomic mass is 10.1. The molecule has 0 aromatic heterocycles.